The number of fused-ring (bicyclic) bond motifs is 1. The summed E-state index contributed by atoms with van der Waals surface area (Å²) in [5, 5.41) is 5.34. The van der Waals surface area contributed by atoms with E-state index in [1.54, 1.807) is 0 Å². The van der Waals surface area contributed by atoms with Crippen LogP contribution in [0.4, 0.5) is 5.13 Å². The number of aryl methyl sites for hydroxylation is 1. The summed E-state index contributed by atoms with van der Waals surface area (Å²) in [6.07, 6.45) is 2.78. The maximum absolute atomic E-state index is 12.5. The van der Waals surface area contributed by atoms with E-state index in [0.29, 0.717) is 16.7 Å². The lowest BCUT2D eigenvalue weighted by atomic mass is 10.1. The van der Waals surface area contributed by atoms with Crippen LogP contribution in [-0.2, 0) is 6.42 Å². The Labute approximate surface area is 133 Å². The van der Waals surface area contributed by atoms with Gasteiger partial charge < -0.3 is 4.40 Å². The molecule has 0 bridgehead atoms. The predicted octanol–water partition coefficient (Wildman–Crippen LogP) is 3.55. The Hall–Kier alpha value is -2.21. The Morgan fingerprint density at radius 2 is 2.18 bits per heavy atom. The fraction of sp³-hybridized carbons (Fsp3) is 0.312. The number of imidazole rings is 1. The summed E-state index contributed by atoms with van der Waals surface area (Å²) in [5.74, 6) is 1.17. The molecule has 0 aliphatic heterocycles. The first-order valence-corrected chi connectivity index (χ1v) is 8.12. The summed E-state index contributed by atoms with van der Waals surface area (Å²) >= 11 is 1.42. The molecule has 0 spiro atoms. The van der Waals surface area contributed by atoms with Crippen LogP contribution in [0.2, 0.25) is 0 Å². The highest BCUT2D eigenvalue weighted by Crippen LogP contribution is 2.19. The van der Waals surface area contributed by atoms with Gasteiger partial charge in [0, 0.05) is 18.0 Å². The first-order chi connectivity index (χ1) is 10.5. The molecule has 0 radical (unpaired) electrons. The molecule has 0 aliphatic carbocycles. The summed E-state index contributed by atoms with van der Waals surface area (Å²) < 4.78 is 1.99. The van der Waals surface area contributed by atoms with Crippen molar-refractivity contribution in [1.29, 1.82) is 0 Å². The van der Waals surface area contributed by atoms with E-state index in [2.05, 4.69) is 29.1 Å². The van der Waals surface area contributed by atoms with E-state index in [9.17, 15) is 4.79 Å². The van der Waals surface area contributed by atoms with Crippen LogP contribution in [0.15, 0.2) is 29.8 Å². The zero-order valence-corrected chi connectivity index (χ0v) is 13.6. The number of aromatic nitrogens is 3. The van der Waals surface area contributed by atoms with Gasteiger partial charge in [-0.3, -0.25) is 10.1 Å². The number of thiazole rings is 1. The molecule has 0 fully saturated rings. The Balaban J connectivity index is 1.97. The van der Waals surface area contributed by atoms with E-state index >= 15 is 0 Å². The van der Waals surface area contributed by atoms with Gasteiger partial charge in [-0.05, 0) is 25.0 Å². The minimum atomic E-state index is -0.215. The van der Waals surface area contributed by atoms with Gasteiger partial charge in [-0.1, -0.05) is 19.9 Å². The van der Waals surface area contributed by atoms with Gasteiger partial charge >= 0.3 is 0 Å². The van der Waals surface area contributed by atoms with Crippen LogP contribution in [-0.4, -0.2) is 20.3 Å². The summed E-state index contributed by atoms with van der Waals surface area (Å²) in [6, 6.07) is 5.78. The molecule has 3 rings (SSSR count). The molecular formula is C16H18N4OS. The van der Waals surface area contributed by atoms with Crippen molar-refractivity contribution in [3.63, 3.8) is 0 Å². The van der Waals surface area contributed by atoms with Crippen LogP contribution in [0.25, 0.3) is 5.52 Å². The molecule has 0 atom stereocenters. The lowest BCUT2D eigenvalue weighted by molar-refractivity contribution is 0.102. The number of carbonyl (C=O) groups is 1. The first-order valence-electron chi connectivity index (χ1n) is 7.24. The van der Waals surface area contributed by atoms with Crippen molar-refractivity contribution >= 4 is 27.9 Å². The molecule has 0 saturated carbocycles. The fourth-order valence-electron chi connectivity index (χ4n) is 2.35. The molecule has 3 aromatic heterocycles. The predicted molar refractivity (Wildman–Crippen MR) is 88.5 cm³/mol. The molecule has 0 aliphatic rings. The Morgan fingerprint density at radius 1 is 1.36 bits per heavy atom. The van der Waals surface area contributed by atoms with Crippen molar-refractivity contribution in [2.24, 2.45) is 5.92 Å². The molecule has 3 heterocycles. The largest absolute Gasteiger partial charge is 0.303 e. The molecule has 1 amide bonds. The molecule has 1 N–H and O–H groups in total. The van der Waals surface area contributed by atoms with Crippen molar-refractivity contribution in [1.82, 2.24) is 14.4 Å². The Morgan fingerprint density at radius 3 is 2.86 bits per heavy atom. The Kier molecular flexibility index (Phi) is 3.94. The van der Waals surface area contributed by atoms with Crippen LogP contribution in [0, 0.1) is 12.8 Å². The van der Waals surface area contributed by atoms with Gasteiger partial charge in [0.05, 0.1) is 11.2 Å². The van der Waals surface area contributed by atoms with Crippen LogP contribution < -0.4 is 5.32 Å². The molecule has 0 unspecified atom stereocenters. The van der Waals surface area contributed by atoms with Gasteiger partial charge in [-0.15, -0.1) is 11.3 Å². The quantitative estimate of drug-likeness (QED) is 0.801. The molecule has 5 nitrogen and oxygen atoms in total. The van der Waals surface area contributed by atoms with Gasteiger partial charge in [0.15, 0.2) is 10.8 Å². The minimum Gasteiger partial charge on any atom is -0.303 e. The molecule has 3 aromatic rings. The number of anilines is 1. The summed E-state index contributed by atoms with van der Waals surface area (Å²) in [4.78, 5) is 21.3. The SMILES string of the molecule is Cc1csc(NC(=O)c2nc(CC(C)C)n3ccccc23)n1. The highest BCUT2D eigenvalue weighted by molar-refractivity contribution is 7.13. The van der Waals surface area contributed by atoms with Crippen LogP contribution in [0.5, 0.6) is 0 Å². The number of amides is 1. The van der Waals surface area contributed by atoms with Crippen LogP contribution in [0.3, 0.4) is 0 Å². The van der Waals surface area contributed by atoms with Crippen LogP contribution in [0.1, 0.15) is 35.9 Å². The Bertz CT molecular complexity index is 819. The van der Waals surface area contributed by atoms with E-state index < -0.39 is 0 Å². The number of rotatable bonds is 4. The number of nitrogens with zero attached hydrogens (tertiary/aromatic N) is 3. The van der Waals surface area contributed by atoms with Crippen LogP contribution >= 0.6 is 11.3 Å². The number of pyridine rings is 1. The van der Waals surface area contributed by atoms with Gasteiger partial charge in [-0.25, -0.2) is 9.97 Å². The zero-order valence-electron chi connectivity index (χ0n) is 12.8. The lowest BCUT2D eigenvalue weighted by Gasteiger charge is -2.02. The second kappa shape index (κ2) is 5.88. The third-order valence-electron chi connectivity index (χ3n) is 3.27. The molecular weight excluding hydrogens is 296 g/mol. The zero-order chi connectivity index (χ0) is 15.7. The van der Waals surface area contributed by atoms with E-state index in [-0.39, 0.29) is 5.91 Å². The third-order valence-corrected chi connectivity index (χ3v) is 4.14. The summed E-state index contributed by atoms with van der Waals surface area (Å²) in [5.41, 5.74) is 2.17. The second-order valence-corrected chi connectivity index (χ2v) is 6.54. The first kappa shape index (κ1) is 14.7. The standard InChI is InChI=1S/C16H18N4OS/c1-10(2)8-13-18-14(12-6-4-5-7-20(12)13)15(21)19-16-17-11(3)9-22-16/h4-7,9-10H,8H2,1-3H3,(H,17,19,21). The molecule has 6 heteroatoms. The van der Waals surface area contributed by atoms with Crippen molar-refractivity contribution < 1.29 is 4.79 Å². The van der Waals surface area contributed by atoms with E-state index in [1.165, 1.54) is 11.3 Å². The van der Waals surface area contributed by atoms with Gasteiger partial charge in [-0.2, -0.15) is 0 Å². The third kappa shape index (κ3) is 2.87. The van der Waals surface area contributed by atoms with E-state index in [0.717, 1.165) is 23.5 Å². The van der Waals surface area contributed by atoms with Gasteiger partial charge in [0.2, 0.25) is 0 Å². The lowest BCUT2D eigenvalue weighted by Crippen LogP contribution is -2.12. The summed E-state index contributed by atoms with van der Waals surface area (Å²) in [6.45, 7) is 6.18. The molecule has 22 heavy (non-hydrogen) atoms. The highest BCUT2D eigenvalue weighted by Gasteiger charge is 2.18. The molecule has 0 saturated heterocycles. The maximum atomic E-state index is 12.5. The summed E-state index contributed by atoms with van der Waals surface area (Å²) in [7, 11) is 0. The number of hydrogen-bond donors (Lipinski definition) is 1. The highest BCUT2D eigenvalue weighted by atomic mass is 32.1. The number of nitrogens with one attached hydrogen (secondary N) is 1. The normalized spacial score (nSPS) is 11.3. The van der Waals surface area contributed by atoms with Crippen molar-refractivity contribution in [2.45, 2.75) is 27.2 Å². The fourth-order valence-corrected chi connectivity index (χ4v) is 3.03. The smallest absolute Gasteiger partial charge is 0.278 e. The maximum Gasteiger partial charge on any atom is 0.278 e. The van der Waals surface area contributed by atoms with Crippen molar-refractivity contribution in [3.05, 3.63) is 47.0 Å². The van der Waals surface area contributed by atoms with E-state index in [1.807, 2.05) is 41.1 Å². The van der Waals surface area contributed by atoms with Gasteiger partial charge in [0.1, 0.15) is 5.82 Å². The molecule has 0 aromatic carbocycles. The van der Waals surface area contributed by atoms with Crippen molar-refractivity contribution in [2.75, 3.05) is 5.32 Å². The van der Waals surface area contributed by atoms with Crippen molar-refractivity contribution in [3.8, 4) is 0 Å². The minimum absolute atomic E-state index is 0.215. The number of hydrogen-bond acceptors (Lipinski definition) is 4. The van der Waals surface area contributed by atoms with Gasteiger partial charge in [0.25, 0.3) is 5.91 Å². The number of carbonyl (C=O) groups excluding carboxylic acids is 1. The monoisotopic (exact) mass is 314 g/mol. The second-order valence-electron chi connectivity index (χ2n) is 5.68. The topological polar surface area (TPSA) is 59.3 Å². The average molecular weight is 314 g/mol. The molecule has 114 valence electrons. The van der Waals surface area contributed by atoms with E-state index in [4.69, 9.17) is 0 Å². The average Bonchev–Trinajstić information content (AvgIpc) is 3.03.